The summed E-state index contributed by atoms with van der Waals surface area (Å²) < 4.78 is 2.11. The molecule has 3 aromatic rings. The van der Waals surface area contributed by atoms with Crippen LogP contribution in [0.15, 0.2) is 54.7 Å². The fraction of sp³-hybridized carbons (Fsp3) is 0.250. The predicted octanol–water partition coefficient (Wildman–Crippen LogP) is 5.40. The van der Waals surface area contributed by atoms with Gasteiger partial charge in [0.25, 0.3) is 0 Å². The summed E-state index contributed by atoms with van der Waals surface area (Å²) >= 11 is 0. The smallest absolute Gasteiger partial charge is 0.105 e. The monoisotopic (exact) mass is 292 g/mol. The summed E-state index contributed by atoms with van der Waals surface area (Å²) in [5.41, 5.74) is 6.13. The number of nitrogens with zero attached hydrogens (tertiary/aromatic N) is 2. The van der Waals surface area contributed by atoms with Gasteiger partial charge in [0, 0.05) is 7.05 Å². The molecule has 0 saturated carbocycles. The van der Waals surface area contributed by atoms with Crippen LogP contribution in [0.5, 0.6) is 0 Å². The number of benzene rings is 2. The second-order valence-corrected chi connectivity index (χ2v) is 5.19. The maximum Gasteiger partial charge on any atom is 0.105 e. The van der Waals surface area contributed by atoms with Gasteiger partial charge in [0.05, 0.1) is 11.9 Å². The first-order valence-electron chi connectivity index (χ1n) is 7.81. The summed E-state index contributed by atoms with van der Waals surface area (Å²) in [5, 5.41) is 0. The molecule has 1 aromatic heterocycles. The van der Waals surface area contributed by atoms with Crippen LogP contribution in [0.25, 0.3) is 22.4 Å². The molecule has 2 heteroatoms. The summed E-state index contributed by atoms with van der Waals surface area (Å²) in [6.45, 7) is 8.13. The van der Waals surface area contributed by atoms with E-state index in [1.807, 2.05) is 34.0 Å². The average molecular weight is 292 g/mol. The van der Waals surface area contributed by atoms with Gasteiger partial charge in [-0.05, 0) is 30.5 Å². The molecule has 0 radical (unpaired) electrons. The van der Waals surface area contributed by atoms with E-state index in [0.717, 1.165) is 11.5 Å². The number of imidazole rings is 1. The molecule has 0 aliphatic heterocycles. The Morgan fingerprint density at radius 1 is 0.727 bits per heavy atom. The van der Waals surface area contributed by atoms with Crippen LogP contribution in [0.3, 0.4) is 0 Å². The predicted molar refractivity (Wildman–Crippen MR) is 94.9 cm³/mol. The third kappa shape index (κ3) is 3.28. The Hall–Kier alpha value is -2.35. The summed E-state index contributed by atoms with van der Waals surface area (Å²) in [4.78, 5) is 4.35. The molecule has 0 aliphatic carbocycles. The number of hydrogen-bond donors (Lipinski definition) is 0. The van der Waals surface area contributed by atoms with E-state index in [9.17, 15) is 0 Å². The van der Waals surface area contributed by atoms with E-state index < -0.39 is 0 Å². The lowest BCUT2D eigenvalue weighted by atomic mass is 10.0. The van der Waals surface area contributed by atoms with E-state index in [1.165, 1.54) is 22.3 Å². The van der Waals surface area contributed by atoms with Crippen LogP contribution in [-0.4, -0.2) is 9.55 Å². The maximum atomic E-state index is 4.35. The molecular weight excluding hydrogens is 268 g/mol. The molecule has 0 fully saturated rings. The van der Waals surface area contributed by atoms with Crippen molar-refractivity contribution in [3.63, 3.8) is 0 Å². The third-order valence-electron chi connectivity index (χ3n) is 3.79. The van der Waals surface area contributed by atoms with E-state index in [4.69, 9.17) is 0 Å². The molecule has 0 N–H and O–H groups in total. The number of aromatic nitrogens is 2. The molecule has 0 unspecified atom stereocenters. The Balaban J connectivity index is 0.000000847. The van der Waals surface area contributed by atoms with Crippen molar-refractivity contribution in [2.24, 2.45) is 7.05 Å². The van der Waals surface area contributed by atoms with Crippen LogP contribution in [0, 0.1) is 13.8 Å². The van der Waals surface area contributed by atoms with Gasteiger partial charge in [-0.1, -0.05) is 67.9 Å². The highest BCUT2D eigenvalue weighted by molar-refractivity contribution is 5.69. The van der Waals surface area contributed by atoms with Crippen molar-refractivity contribution in [2.75, 3.05) is 0 Å². The first-order chi connectivity index (χ1) is 10.6. The second-order valence-electron chi connectivity index (χ2n) is 5.19. The SMILES string of the molecule is CC.Cc1ccc(-c2ccc(-c3cnc(C)n3C)cc2)cc1. The molecule has 0 spiro atoms. The molecule has 3 rings (SSSR count). The standard InChI is InChI=1S/C18H18N2.C2H6/c1-13-4-6-15(7-5-13)16-8-10-17(11-9-16)18-12-19-14(2)20(18)3;1-2/h4-12H,1-3H3;1-2H3. The largest absolute Gasteiger partial charge is 0.331 e. The van der Waals surface area contributed by atoms with Gasteiger partial charge in [-0.3, -0.25) is 0 Å². The molecule has 0 saturated heterocycles. The van der Waals surface area contributed by atoms with Crippen LogP contribution in [-0.2, 0) is 7.05 Å². The molecule has 0 atom stereocenters. The molecule has 0 amide bonds. The Labute approximate surface area is 133 Å². The number of rotatable bonds is 2. The number of hydrogen-bond acceptors (Lipinski definition) is 1. The zero-order chi connectivity index (χ0) is 16.1. The van der Waals surface area contributed by atoms with E-state index in [-0.39, 0.29) is 0 Å². The highest BCUT2D eigenvalue weighted by Gasteiger charge is 2.05. The highest BCUT2D eigenvalue weighted by Crippen LogP contribution is 2.25. The first kappa shape index (κ1) is 16.0. The van der Waals surface area contributed by atoms with Gasteiger partial charge in [0.1, 0.15) is 5.82 Å². The molecule has 114 valence electrons. The van der Waals surface area contributed by atoms with Crippen molar-refractivity contribution >= 4 is 0 Å². The Bertz CT molecular complexity index is 719. The minimum Gasteiger partial charge on any atom is -0.331 e. The zero-order valence-corrected chi connectivity index (χ0v) is 14.1. The summed E-state index contributed by atoms with van der Waals surface area (Å²) in [5.74, 6) is 1.03. The molecule has 2 nitrogen and oxygen atoms in total. The molecule has 1 heterocycles. The second kappa shape index (κ2) is 7.08. The van der Waals surface area contributed by atoms with Gasteiger partial charge in [-0.15, -0.1) is 0 Å². The fourth-order valence-electron chi connectivity index (χ4n) is 2.35. The first-order valence-corrected chi connectivity index (χ1v) is 7.81. The third-order valence-corrected chi connectivity index (χ3v) is 3.79. The van der Waals surface area contributed by atoms with Crippen molar-refractivity contribution in [3.8, 4) is 22.4 Å². The minimum absolute atomic E-state index is 1.03. The van der Waals surface area contributed by atoms with Crippen molar-refractivity contribution in [3.05, 3.63) is 66.1 Å². The fourth-order valence-corrected chi connectivity index (χ4v) is 2.35. The van der Waals surface area contributed by atoms with E-state index in [0.29, 0.717) is 0 Å². The molecular formula is C20H24N2. The Morgan fingerprint density at radius 2 is 1.18 bits per heavy atom. The van der Waals surface area contributed by atoms with Crippen LogP contribution in [0.4, 0.5) is 0 Å². The van der Waals surface area contributed by atoms with Gasteiger partial charge in [-0.2, -0.15) is 0 Å². The van der Waals surface area contributed by atoms with Crippen LogP contribution < -0.4 is 0 Å². The van der Waals surface area contributed by atoms with Gasteiger partial charge in [-0.25, -0.2) is 4.98 Å². The van der Waals surface area contributed by atoms with Crippen molar-refractivity contribution in [2.45, 2.75) is 27.7 Å². The minimum atomic E-state index is 1.03. The molecule has 2 aromatic carbocycles. The van der Waals surface area contributed by atoms with Crippen LogP contribution in [0.1, 0.15) is 25.2 Å². The molecule has 0 aliphatic rings. The van der Waals surface area contributed by atoms with E-state index in [2.05, 4.69) is 65.0 Å². The van der Waals surface area contributed by atoms with Gasteiger partial charge >= 0.3 is 0 Å². The van der Waals surface area contributed by atoms with Crippen molar-refractivity contribution in [1.29, 1.82) is 0 Å². The lowest BCUT2D eigenvalue weighted by Gasteiger charge is -2.06. The quantitative estimate of drug-likeness (QED) is 0.618. The highest BCUT2D eigenvalue weighted by atomic mass is 15.0. The number of aryl methyl sites for hydroxylation is 2. The van der Waals surface area contributed by atoms with E-state index in [1.54, 1.807) is 0 Å². The lowest BCUT2D eigenvalue weighted by molar-refractivity contribution is 0.865. The van der Waals surface area contributed by atoms with Crippen molar-refractivity contribution in [1.82, 2.24) is 9.55 Å². The van der Waals surface area contributed by atoms with Gasteiger partial charge in [0.15, 0.2) is 0 Å². The lowest BCUT2D eigenvalue weighted by Crippen LogP contribution is -1.94. The van der Waals surface area contributed by atoms with Gasteiger partial charge < -0.3 is 4.57 Å². The topological polar surface area (TPSA) is 17.8 Å². The normalized spacial score (nSPS) is 10.0. The van der Waals surface area contributed by atoms with Crippen LogP contribution >= 0.6 is 0 Å². The van der Waals surface area contributed by atoms with Crippen LogP contribution in [0.2, 0.25) is 0 Å². The molecule has 0 bridgehead atoms. The Morgan fingerprint density at radius 3 is 1.64 bits per heavy atom. The molecule has 22 heavy (non-hydrogen) atoms. The zero-order valence-electron chi connectivity index (χ0n) is 14.1. The summed E-state index contributed by atoms with van der Waals surface area (Å²) in [7, 11) is 2.05. The van der Waals surface area contributed by atoms with Gasteiger partial charge in [0.2, 0.25) is 0 Å². The summed E-state index contributed by atoms with van der Waals surface area (Å²) in [6, 6.07) is 17.3. The van der Waals surface area contributed by atoms with Crippen molar-refractivity contribution < 1.29 is 0 Å². The average Bonchev–Trinajstić information content (AvgIpc) is 2.90. The van der Waals surface area contributed by atoms with E-state index >= 15 is 0 Å². The maximum absolute atomic E-state index is 4.35. The Kier molecular flexibility index (Phi) is 5.16. The summed E-state index contributed by atoms with van der Waals surface area (Å²) in [6.07, 6.45) is 1.93.